The van der Waals surface area contributed by atoms with Crippen molar-refractivity contribution in [2.75, 3.05) is 52.4 Å². The van der Waals surface area contributed by atoms with Gasteiger partial charge in [-0.2, -0.15) is 0 Å². The van der Waals surface area contributed by atoms with E-state index in [-0.39, 0.29) is 30.1 Å². The Balaban J connectivity index is 0.00000364. The predicted octanol–water partition coefficient (Wildman–Crippen LogP) is 3.28. The third-order valence-electron chi connectivity index (χ3n) is 4.03. The van der Waals surface area contributed by atoms with Gasteiger partial charge < -0.3 is 29.6 Å². The molecule has 2 rings (SSSR count). The van der Waals surface area contributed by atoms with Gasteiger partial charge >= 0.3 is 0 Å². The van der Waals surface area contributed by atoms with Crippen LogP contribution in [-0.2, 0) is 9.47 Å². The molecule has 1 fully saturated rings. The van der Waals surface area contributed by atoms with Crippen molar-refractivity contribution in [3.05, 3.63) is 18.2 Å². The fraction of sp³-hybridized carbons (Fsp3) is 0.632. The van der Waals surface area contributed by atoms with Crippen LogP contribution in [0.1, 0.15) is 26.2 Å². The summed E-state index contributed by atoms with van der Waals surface area (Å²) < 4.78 is 21.8. The van der Waals surface area contributed by atoms with E-state index in [0.717, 1.165) is 44.1 Å². The summed E-state index contributed by atoms with van der Waals surface area (Å²) in [5.41, 5.74) is 0.886. The fourth-order valence-electron chi connectivity index (χ4n) is 2.71. The average Bonchev–Trinajstić information content (AvgIpc) is 3.18. The lowest BCUT2D eigenvalue weighted by Crippen LogP contribution is -2.30. The second-order valence-corrected chi connectivity index (χ2v) is 6.02. The van der Waals surface area contributed by atoms with Gasteiger partial charge in [-0.3, -0.25) is 4.99 Å². The van der Waals surface area contributed by atoms with Gasteiger partial charge in [-0.1, -0.05) is 0 Å². The average molecular weight is 493 g/mol. The van der Waals surface area contributed by atoms with Crippen LogP contribution in [0.5, 0.6) is 11.5 Å². The van der Waals surface area contributed by atoms with Crippen LogP contribution in [-0.4, -0.2) is 59.2 Å². The summed E-state index contributed by atoms with van der Waals surface area (Å²) in [6.45, 7) is 5.76. The van der Waals surface area contributed by atoms with Crippen molar-refractivity contribution in [2.45, 2.75) is 32.3 Å². The molecule has 1 atom stereocenters. The quantitative estimate of drug-likeness (QED) is 0.226. The highest BCUT2D eigenvalue weighted by molar-refractivity contribution is 14.0. The molecule has 154 valence electrons. The van der Waals surface area contributed by atoms with E-state index in [4.69, 9.17) is 18.9 Å². The lowest BCUT2D eigenvalue weighted by molar-refractivity contribution is 0.0171. The monoisotopic (exact) mass is 493 g/mol. The molecule has 1 saturated heterocycles. The summed E-state index contributed by atoms with van der Waals surface area (Å²) in [6.07, 6.45) is 3.40. The minimum absolute atomic E-state index is 0. The molecule has 0 spiro atoms. The van der Waals surface area contributed by atoms with Crippen LogP contribution < -0.4 is 20.1 Å². The highest BCUT2D eigenvalue weighted by Gasteiger charge is 2.14. The van der Waals surface area contributed by atoms with Gasteiger partial charge in [0.15, 0.2) is 17.5 Å². The highest BCUT2D eigenvalue weighted by Crippen LogP contribution is 2.29. The zero-order valence-corrected chi connectivity index (χ0v) is 18.8. The Labute approximate surface area is 179 Å². The van der Waals surface area contributed by atoms with Crippen molar-refractivity contribution in [1.29, 1.82) is 0 Å². The number of benzene rings is 1. The molecule has 0 amide bonds. The fourth-order valence-corrected chi connectivity index (χ4v) is 2.71. The first kappa shape index (κ1) is 23.8. The third-order valence-corrected chi connectivity index (χ3v) is 4.03. The molecule has 1 aromatic rings. The molecule has 0 aromatic heterocycles. The number of hydrogen-bond acceptors (Lipinski definition) is 5. The largest absolute Gasteiger partial charge is 0.493 e. The maximum Gasteiger partial charge on any atom is 0.195 e. The Bertz CT molecular complexity index is 566. The molecule has 1 aliphatic heterocycles. The molecule has 0 radical (unpaired) electrons. The summed E-state index contributed by atoms with van der Waals surface area (Å²) in [5, 5.41) is 6.52. The van der Waals surface area contributed by atoms with E-state index >= 15 is 0 Å². The zero-order valence-electron chi connectivity index (χ0n) is 16.5. The number of guanidine groups is 1. The van der Waals surface area contributed by atoms with Crippen LogP contribution >= 0.6 is 24.0 Å². The molecule has 2 N–H and O–H groups in total. The predicted molar refractivity (Wildman–Crippen MR) is 119 cm³/mol. The Morgan fingerprint density at radius 2 is 2.07 bits per heavy atom. The SMILES string of the molecule is CCNC(=NCCCOCC1CCCO1)Nc1ccc(OC)c(OC)c1.I. The molecule has 7 nitrogen and oxygen atoms in total. The summed E-state index contributed by atoms with van der Waals surface area (Å²) in [7, 11) is 3.24. The van der Waals surface area contributed by atoms with Crippen LogP contribution in [0.3, 0.4) is 0 Å². The second kappa shape index (κ2) is 13.8. The lowest BCUT2D eigenvalue weighted by Gasteiger charge is -2.14. The Kier molecular flexibility index (Phi) is 12.2. The molecule has 0 saturated carbocycles. The van der Waals surface area contributed by atoms with Crippen molar-refractivity contribution in [1.82, 2.24) is 5.32 Å². The van der Waals surface area contributed by atoms with Crippen LogP contribution in [0.15, 0.2) is 23.2 Å². The molecule has 8 heteroatoms. The standard InChI is InChI=1S/C19H31N3O4.HI/c1-4-20-19(21-10-6-11-25-14-16-7-5-12-26-16)22-15-8-9-17(23-2)18(13-15)24-3;/h8-9,13,16H,4-7,10-12,14H2,1-3H3,(H2,20,21,22);1H. The van der Waals surface area contributed by atoms with E-state index in [1.165, 1.54) is 0 Å². The van der Waals surface area contributed by atoms with Crippen molar-refractivity contribution in [2.24, 2.45) is 4.99 Å². The summed E-state index contributed by atoms with van der Waals surface area (Å²) in [5.74, 6) is 2.11. The summed E-state index contributed by atoms with van der Waals surface area (Å²) in [6, 6.07) is 5.68. The first-order valence-electron chi connectivity index (χ1n) is 9.23. The van der Waals surface area contributed by atoms with Gasteiger partial charge in [0.25, 0.3) is 0 Å². The number of ether oxygens (including phenoxy) is 4. The van der Waals surface area contributed by atoms with Crippen molar-refractivity contribution >= 4 is 35.6 Å². The number of halogens is 1. The number of methoxy groups -OCH3 is 2. The number of hydrogen-bond donors (Lipinski definition) is 2. The molecular weight excluding hydrogens is 461 g/mol. The van der Waals surface area contributed by atoms with E-state index in [9.17, 15) is 0 Å². The van der Waals surface area contributed by atoms with Gasteiger partial charge in [-0.15, -0.1) is 24.0 Å². The van der Waals surface area contributed by atoms with Crippen molar-refractivity contribution in [3.8, 4) is 11.5 Å². The number of nitrogens with one attached hydrogen (secondary N) is 2. The van der Waals surface area contributed by atoms with Crippen LogP contribution in [0.4, 0.5) is 5.69 Å². The van der Waals surface area contributed by atoms with E-state index in [0.29, 0.717) is 31.3 Å². The molecule has 0 bridgehead atoms. The highest BCUT2D eigenvalue weighted by atomic mass is 127. The third kappa shape index (κ3) is 8.52. The number of nitrogens with zero attached hydrogens (tertiary/aromatic N) is 1. The summed E-state index contributed by atoms with van der Waals surface area (Å²) >= 11 is 0. The first-order chi connectivity index (χ1) is 12.8. The smallest absolute Gasteiger partial charge is 0.195 e. The Hall–Kier alpha value is -1.26. The van der Waals surface area contributed by atoms with E-state index in [1.807, 2.05) is 25.1 Å². The Morgan fingerprint density at radius 1 is 1.26 bits per heavy atom. The summed E-state index contributed by atoms with van der Waals surface area (Å²) in [4.78, 5) is 4.59. The van der Waals surface area contributed by atoms with E-state index in [1.54, 1.807) is 14.2 Å². The first-order valence-corrected chi connectivity index (χ1v) is 9.23. The van der Waals surface area contributed by atoms with Gasteiger partial charge in [0.1, 0.15) is 0 Å². The minimum Gasteiger partial charge on any atom is -0.493 e. The second-order valence-electron chi connectivity index (χ2n) is 6.02. The maximum atomic E-state index is 5.67. The zero-order chi connectivity index (χ0) is 18.6. The van der Waals surface area contributed by atoms with E-state index < -0.39 is 0 Å². The molecular formula is C19H32IN3O4. The van der Waals surface area contributed by atoms with Gasteiger partial charge in [0.05, 0.1) is 26.9 Å². The van der Waals surface area contributed by atoms with Gasteiger partial charge in [0, 0.05) is 38.1 Å². The number of rotatable bonds is 10. The van der Waals surface area contributed by atoms with Gasteiger partial charge in [0.2, 0.25) is 0 Å². The van der Waals surface area contributed by atoms with Crippen LogP contribution in [0.2, 0.25) is 0 Å². The normalized spacial score (nSPS) is 16.6. The van der Waals surface area contributed by atoms with Crippen molar-refractivity contribution < 1.29 is 18.9 Å². The van der Waals surface area contributed by atoms with Crippen molar-refractivity contribution in [3.63, 3.8) is 0 Å². The lowest BCUT2D eigenvalue weighted by atomic mass is 10.2. The van der Waals surface area contributed by atoms with Gasteiger partial charge in [-0.25, -0.2) is 0 Å². The molecule has 27 heavy (non-hydrogen) atoms. The molecule has 1 aliphatic rings. The molecule has 1 heterocycles. The van der Waals surface area contributed by atoms with Crippen LogP contribution in [0, 0.1) is 0 Å². The number of aliphatic imine (C=N–C) groups is 1. The topological polar surface area (TPSA) is 73.3 Å². The molecule has 1 unspecified atom stereocenters. The Morgan fingerprint density at radius 3 is 2.74 bits per heavy atom. The molecule has 0 aliphatic carbocycles. The molecule has 1 aromatic carbocycles. The van der Waals surface area contributed by atoms with Crippen LogP contribution in [0.25, 0.3) is 0 Å². The van der Waals surface area contributed by atoms with E-state index in [2.05, 4.69) is 15.6 Å². The number of anilines is 1. The minimum atomic E-state index is 0. The maximum absolute atomic E-state index is 5.67. The van der Waals surface area contributed by atoms with Gasteiger partial charge in [-0.05, 0) is 38.3 Å².